The lowest BCUT2D eigenvalue weighted by atomic mass is 9.88. The molecule has 0 heterocycles. The molecule has 0 aliphatic rings. The van der Waals surface area contributed by atoms with Crippen molar-refractivity contribution in [3.8, 4) is 0 Å². The molecule has 0 bridgehead atoms. The molecule has 0 aliphatic heterocycles. The zero-order chi connectivity index (χ0) is 16.3. The van der Waals surface area contributed by atoms with Crippen molar-refractivity contribution in [1.29, 1.82) is 0 Å². The number of sulfone groups is 1. The van der Waals surface area contributed by atoms with Crippen LogP contribution in [0.4, 0.5) is 0 Å². The lowest BCUT2D eigenvalue weighted by Gasteiger charge is -2.31. The molecule has 0 aliphatic carbocycles. The molecule has 1 atom stereocenters. The van der Waals surface area contributed by atoms with E-state index in [0.717, 1.165) is 13.0 Å². The topological polar surface area (TPSA) is 46.2 Å². The summed E-state index contributed by atoms with van der Waals surface area (Å²) in [6, 6.07) is 4.31. The second kappa shape index (κ2) is 7.32. The number of hydrogen-bond donors (Lipinski definition) is 1. The molecular weight excluding hydrogens is 329 g/mol. The highest BCUT2D eigenvalue weighted by Gasteiger charge is 2.30. The molecule has 1 rings (SSSR count). The Morgan fingerprint density at radius 1 is 1.19 bits per heavy atom. The van der Waals surface area contributed by atoms with Crippen LogP contribution in [0.25, 0.3) is 0 Å². The fourth-order valence-corrected chi connectivity index (χ4v) is 4.10. The van der Waals surface area contributed by atoms with Crippen molar-refractivity contribution in [3.63, 3.8) is 0 Å². The minimum atomic E-state index is -3.42. The van der Waals surface area contributed by atoms with Gasteiger partial charge < -0.3 is 5.32 Å². The third kappa shape index (κ3) is 5.44. The highest BCUT2D eigenvalue weighted by molar-refractivity contribution is 7.91. The average Bonchev–Trinajstić information content (AvgIpc) is 2.36. The Bertz CT molecular complexity index is 580. The van der Waals surface area contributed by atoms with Crippen LogP contribution < -0.4 is 5.32 Å². The van der Waals surface area contributed by atoms with E-state index in [4.69, 9.17) is 23.2 Å². The van der Waals surface area contributed by atoms with Crippen LogP contribution in [0.15, 0.2) is 23.1 Å². The Hall–Kier alpha value is -0.290. The van der Waals surface area contributed by atoms with E-state index in [1.807, 2.05) is 20.8 Å². The molecule has 0 amide bonds. The summed E-state index contributed by atoms with van der Waals surface area (Å²) < 4.78 is 25.1. The van der Waals surface area contributed by atoms with E-state index >= 15 is 0 Å². The predicted molar refractivity (Wildman–Crippen MR) is 90.1 cm³/mol. The molecule has 120 valence electrons. The van der Waals surface area contributed by atoms with Crippen molar-refractivity contribution >= 4 is 33.0 Å². The lowest BCUT2D eigenvalue weighted by Crippen LogP contribution is -2.45. The monoisotopic (exact) mass is 351 g/mol. The van der Waals surface area contributed by atoms with Crippen LogP contribution in [-0.2, 0) is 9.84 Å². The number of halogens is 2. The second-order valence-corrected chi connectivity index (χ2v) is 9.08. The molecule has 0 saturated carbocycles. The maximum Gasteiger partial charge on any atom is 0.179 e. The third-order valence-electron chi connectivity index (χ3n) is 3.32. The van der Waals surface area contributed by atoms with Crippen LogP contribution in [0.3, 0.4) is 0 Å². The van der Waals surface area contributed by atoms with Crippen molar-refractivity contribution < 1.29 is 8.42 Å². The van der Waals surface area contributed by atoms with Gasteiger partial charge in [0, 0.05) is 6.04 Å². The van der Waals surface area contributed by atoms with Crippen molar-refractivity contribution in [2.75, 3.05) is 12.3 Å². The fraction of sp³-hybridized carbons (Fsp3) is 0.600. The lowest BCUT2D eigenvalue weighted by molar-refractivity contribution is 0.288. The molecule has 0 fully saturated rings. The van der Waals surface area contributed by atoms with Gasteiger partial charge in [0.1, 0.15) is 0 Å². The molecule has 0 radical (unpaired) electrons. The molecule has 0 saturated heterocycles. The summed E-state index contributed by atoms with van der Waals surface area (Å²) in [4.78, 5) is 0.212. The maximum absolute atomic E-state index is 12.6. The molecule has 1 unspecified atom stereocenters. The summed E-state index contributed by atoms with van der Waals surface area (Å²) in [7, 11) is -3.42. The zero-order valence-electron chi connectivity index (χ0n) is 12.9. The summed E-state index contributed by atoms with van der Waals surface area (Å²) in [6.45, 7) is 8.94. The molecule has 3 nitrogen and oxygen atoms in total. The molecule has 1 N–H and O–H groups in total. The molecule has 21 heavy (non-hydrogen) atoms. The Morgan fingerprint density at radius 3 is 2.29 bits per heavy atom. The SMILES string of the molecule is CCCNC(CS(=O)(=O)c1ccc(Cl)c(Cl)c1)C(C)(C)C. The van der Waals surface area contributed by atoms with Crippen LogP contribution >= 0.6 is 23.2 Å². The van der Waals surface area contributed by atoms with E-state index in [-0.39, 0.29) is 27.1 Å². The Labute approximate surface area is 137 Å². The van der Waals surface area contributed by atoms with Crippen LogP contribution in [0.2, 0.25) is 10.0 Å². The Balaban J connectivity index is 3.02. The van der Waals surface area contributed by atoms with Gasteiger partial charge in [0.15, 0.2) is 9.84 Å². The van der Waals surface area contributed by atoms with E-state index in [0.29, 0.717) is 5.02 Å². The van der Waals surface area contributed by atoms with E-state index in [2.05, 4.69) is 12.2 Å². The van der Waals surface area contributed by atoms with Gasteiger partial charge in [-0.1, -0.05) is 50.9 Å². The maximum atomic E-state index is 12.6. The van der Waals surface area contributed by atoms with Gasteiger partial charge in [-0.2, -0.15) is 0 Å². The van der Waals surface area contributed by atoms with Crippen LogP contribution in [-0.4, -0.2) is 26.8 Å². The quantitative estimate of drug-likeness (QED) is 0.835. The summed E-state index contributed by atoms with van der Waals surface area (Å²) in [6.07, 6.45) is 0.958. The molecule has 1 aromatic rings. The van der Waals surface area contributed by atoms with Gasteiger partial charge in [0.2, 0.25) is 0 Å². The van der Waals surface area contributed by atoms with Crippen molar-refractivity contribution in [2.24, 2.45) is 5.41 Å². The highest BCUT2D eigenvalue weighted by Crippen LogP contribution is 2.27. The largest absolute Gasteiger partial charge is 0.312 e. The predicted octanol–water partition coefficient (Wildman–Crippen LogP) is 4.18. The van der Waals surface area contributed by atoms with E-state index < -0.39 is 9.84 Å². The Kier molecular flexibility index (Phi) is 6.54. The molecule has 6 heteroatoms. The van der Waals surface area contributed by atoms with Gasteiger partial charge in [0.25, 0.3) is 0 Å². The van der Waals surface area contributed by atoms with Gasteiger partial charge in [-0.15, -0.1) is 0 Å². The summed E-state index contributed by atoms with van der Waals surface area (Å²) in [5.41, 5.74) is -0.154. The molecule has 0 aromatic heterocycles. The third-order valence-corrected chi connectivity index (χ3v) is 5.81. The molecule has 0 spiro atoms. The average molecular weight is 352 g/mol. The number of rotatable bonds is 6. The standard InChI is InChI=1S/C15H23Cl2NO2S/c1-5-8-18-14(15(2,3)4)10-21(19,20)11-6-7-12(16)13(17)9-11/h6-7,9,14,18H,5,8,10H2,1-4H3. The van der Waals surface area contributed by atoms with Crippen LogP contribution in [0, 0.1) is 5.41 Å². The van der Waals surface area contributed by atoms with Gasteiger partial charge >= 0.3 is 0 Å². The fourth-order valence-electron chi connectivity index (χ4n) is 1.92. The number of benzene rings is 1. The molecular formula is C15H23Cl2NO2S. The van der Waals surface area contributed by atoms with Crippen molar-refractivity contribution in [2.45, 2.75) is 45.1 Å². The first-order chi connectivity index (χ1) is 9.58. The smallest absolute Gasteiger partial charge is 0.179 e. The highest BCUT2D eigenvalue weighted by atomic mass is 35.5. The number of hydrogen-bond acceptors (Lipinski definition) is 3. The van der Waals surface area contributed by atoms with Gasteiger partial charge in [-0.3, -0.25) is 0 Å². The van der Waals surface area contributed by atoms with Gasteiger partial charge in [-0.25, -0.2) is 8.42 Å². The normalized spacial score (nSPS) is 14.2. The van der Waals surface area contributed by atoms with Crippen molar-refractivity contribution in [1.82, 2.24) is 5.32 Å². The van der Waals surface area contributed by atoms with E-state index in [1.165, 1.54) is 18.2 Å². The van der Waals surface area contributed by atoms with Crippen molar-refractivity contribution in [3.05, 3.63) is 28.2 Å². The first kappa shape index (κ1) is 18.8. The number of nitrogens with one attached hydrogen (secondary N) is 1. The van der Waals surface area contributed by atoms with E-state index in [1.54, 1.807) is 0 Å². The molecule has 1 aromatic carbocycles. The zero-order valence-corrected chi connectivity index (χ0v) is 15.2. The first-order valence-corrected chi connectivity index (χ1v) is 9.40. The van der Waals surface area contributed by atoms with Crippen LogP contribution in [0.1, 0.15) is 34.1 Å². The summed E-state index contributed by atoms with van der Waals surface area (Å²) >= 11 is 11.8. The summed E-state index contributed by atoms with van der Waals surface area (Å²) in [5, 5.41) is 3.93. The van der Waals surface area contributed by atoms with E-state index in [9.17, 15) is 8.42 Å². The minimum Gasteiger partial charge on any atom is -0.312 e. The Morgan fingerprint density at radius 2 is 1.81 bits per heavy atom. The first-order valence-electron chi connectivity index (χ1n) is 6.99. The minimum absolute atomic E-state index is 0.0362. The van der Waals surface area contributed by atoms with Gasteiger partial charge in [-0.05, 0) is 36.6 Å². The summed E-state index contributed by atoms with van der Waals surface area (Å²) in [5.74, 6) is 0.0362. The second-order valence-electron chi connectivity index (χ2n) is 6.23. The van der Waals surface area contributed by atoms with Crippen LogP contribution in [0.5, 0.6) is 0 Å². The van der Waals surface area contributed by atoms with Gasteiger partial charge in [0.05, 0.1) is 20.7 Å².